The molecule has 136 valence electrons. The number of rotatable bonds is 2. The summed E-state index contributed by atoms with van der Waals surface area (Å²) < 4.78 is 0. The molecule has 0 atom stereocenters. The third-order valence-corrected chi connectivity index (χ3v) is 5.32. The molecule has 3 aromatic carbocycles. The standard InChI is InChI=1S/C25H21N3/c1-17-6-11-25(28-27-17)21-9-10-23-22(15-21)16-26-13-12-24(23)20-8-7-18-4-2-3-5-19(18)14-20/h2-12,14-15,26H,13,16H2,1H3. The summed E-state index contributed by atoms with van der Waals surface area (Å²) in [6.07, 6.45) is 2.29. The predicted molar refractivity (Wildman–Crippen MR) is 115 cm³/mol. The lowest BCUT2D eigenvalue weighted by Gasteiger charge is -2.13. The molecule has 0 unspecified atom stereocenters. The van der Waals surface area contributed by atoms with Gasteiger partial charge in [0, 0.05) is 18.7 Å². The van der Waals surface area contributed by atoms with Gasteiger partial charge in [0.15, 0.2) is 0 Å². The van der Waals surface area contributed by atoms with Crippen molar-refractivity contribution in [2.24, 2.45) is 0 Å². The van der Waals surface area contributed by atoms with Gasteiger partial charge in [0.25, 0.3) is 0 Å². The molecular formula is C25H21N3. The number of aromatic nitrogens is 2. The first-order chi connectivity index (χ1) is 13.8. The Morgan fingerprint density at radius 1 is 0.786 bits per heavy atom. The monoisotopic (exact) mass is 363 g/mol. The van der Waals surface area contributed by atoms with Crippen LogP contribution < -0.4 is 5.32 Å². The van der Waals surface area contributed by atoms with Gasteiger partial charge < -0.3 is 5.32 Å². The first kappa shape index (κ1) is 16.8. The Morgan fingerprint density at radius 3 is 2.50 bits per heavy atom. The molecule has 3 nitrogen and oxygen atoms in total. The van der Waals surface area contributed by atoms with Crippen molar-refractivity contribution in [3.63, 3.8) is 0 Å². The highest BCUT2D eigenvalue weighted by Crippen LogP contribution is 2.32. The predicted octanol–water partition coefficient (Wildman–Crippen LogP) is 5.14. The second-order valence-electron chi connectivity index (χ2n) is 7.24. The van der Waals surface area contributed by atoms with E-state index in [0.717, 1.165) is 30.0 Å². The maximum atomic E-state index is 4.35. The molecule has 3 heteroatoms. The zero-order valence-electron chi connectivity index (χ0n) is 15.8. The van der Waals surface area contributed by atoms with Crippen molar-refractivity contribution in [2.75, 3.05) is 6.54 Å². The molecule has 28 heavy (non-hydrogen) atoms. The Hall–Kier alpha value is -3.30. The van der Waals surface area contributed by atoms with Crippen LogP contribution in [0.5, 0.6) is 0 Å². The Labute approximate surface area is 164 Å². The van der Waals surface area contributed by atoms with Crippen molar-refractivity contribution in [1.82, 2.24) is 15.5 Å². The average molecular weight is 363 g/mol. The van der Waals surface area contributed by atoms with Crippen LogP contribution in [-0.2, 0) is 6.54 Å². The number of aryl methyl sites for hydroxylation is 1. The molecule has 0 radical (unpaired) electrons. The zero-order chi connectivity index (χ0) is 18.9. The number of nitrogens with one attached hydrogen (secondary N) is 1. The van der Waals surface area contributed by atoms with Gasteiger partial charge in [-0.1, -0.05) is 54.6 Å². The Bertz CT molecular complexity index is 1190. The molecule has 1 aliphatic heterocycles. The van der Waals surface area contributed by atoms with Crippen LogP contribution in [0, 0.1) is 6.92 Å². The Morgan fingerprint density at radius 2 is 1.64 bits per heavy atom. The lowest BCUT2D eigenvalue weighted by molar-refractivity contribution is 0.766. The number of hydrogen-bond acceptors (Lipinski definition) is 3. The van der Waals surface area contributed by atoms with Crippen LogP contribution in [0.25, 0.3) is 27.6 Å². The summed E-state index contributed by atoms with van der Waals surface area (Å²) in [6, 6.07) is 25.9. The van der Waals surface area contributed by atoms with Crippen molar-refractivity contribution in [2.45, 2.75) is 13.5 Å². The van der Waals surface area contributed by atoms with Gasteiger partial charge in [-0.3, -0.25) is 0 Å². The van der Waals surface area contributed by atoms with Gasteiger partial charge in [-0.05, 0) is 64.2 Å². The van der Waals surface area contributed by atoms with E-state index in [4.69, 9.17) is 0 Å². The first-order valence-corrected chi connectivity index (χ1v) is 9.62. The lowest BCUT2D eigenvalue weighted by Crippen LogP contribution is -2.11. The normalized spacial score (nSPS) is 13.7. The highest BCUT2D eigenvalue weighted by Gasteiger charge is 2.15. The summed E-state index contributed by atoms with van der Waals surface area (Å²) in [5.74, 6) is 0. The molecule has 0 saturated heterocycles. The molecule has 1 aliphatic rings. The molecule has 0 saturated carbocycles. The zero-order valence-corrected chi connectivity index (χ0v) is 15.8. The average Bonchev–Trinajstić information content (AvgIpc) is 2.96. The number of fused-ring (bicyclic) bond motifs is 2. The van der Waals surface area contributed by atoms with E-state index in [2.05, 4.69) is 82.3 Å². The number of hydrogen-bond donors (Lipinski definition) is 1. The van der Waals surface area contributed by atoms with Crippen molar-refractivity contribution in [3.8, 4) is 11.3 Å². The van der Waals surface area contributed by atoms with Crippen LogP contribution in [0.1, 0.15) is 22.4 Å². The summed E-state index contributed by atoms with van der Waals surface area (Å²) in [6.45, 7) is 3.66. The lowest BCUT2D eigenvalue weighted by atomic mass is 9.91. The molecule has 0 spiro atoms. The minimum Gasteiger partial charge on any atom is -0.309 e. The van der Waals surface area contributed by atoms with Crippen LogP contribution in [0.15, 0.2) is 78.9 Å². The van der Waals surface area contributed by atoms with Crippen molar-refractivity contribution < 1.29 is 0 Å². The fourth-order valence-corrected chi connectivity index (χ4v) is 3.84. The quantitative estimate of drug-likeness (QED) is 0.536. The summed E-state index contributed by atoms with van der Waals surface area (Å²) in [4.78, 5) is 0. The van der Waals surface area contributed by atoms with Crippen LogP contribution in [0.3, 0.4) is 0 Å². The summed E-state index contributed by atoms with van der Waals surface area (Å²) >= 11 is 0. The maximum absolute atomic E-state index is 4.35. The minimum absolute atomic E-state index is 0.843. The molecule has 1 N–H and O–H groups in total. The summed E-state index contributed by atoms with van der Waals surface area (Å²) in [5.41, 5.74) is 8.06. The van der Waals surface area contributed by atoms with E-state index in [0.29, 0.717) is 0 Å². The SMILES string of the molecule is Cc1ccc(-c2ccc3c(c2)CNCC=C3c2ccc3ccccc3c2)nn1. The largest absolute Gasteiger partial charge is 0.309 e. The van der Waals surface area contributed by atoms with E-state index >= 15 is 0 Å². The van der Waals surface area contributed by atoms with E-state index in [9.17, 15) is 0 Å². The fourth-order valence-electron chi connectivity index (χ4n) is 3.84. The van der Waals surface area contributed by atoms with E-state index in [1.807, 2.05) is 19.1 Å². The van der Waals surface area contributed by atoms with Gasteiger partial charge in [0.2, 0.25) is 0 Å². The highest BCUT2D eigenvalue weighted by molar-refractivity contribution is 5.90. The molecule has 0 bridgehead atoms. The second-order valence-corrected chi connectivity index (χ2v) is 7.24. The molecule has 4 aromatic rings. The summed E-state index contributed by atoms with van der Waals surface area (Å²) in [7, 11) is 0. The maximum Gasteiger partial charge on any atom is 0.0929 e. The van der Waals surface area contributed by atoms with Gasteiger partial charge in [-0.15, -0.1) is 0 Å². The Kier molecular flexibility index (Phi) is 4.22. The minimum atomic E-state index is 0.843. The topological polar surface area (TPSA) is 37.8 Å². The molecule has 0 fully saturated rings. The van der Waals surface area contributed by atoms with E-state index in [-0.39, 0.29) is 0 Å². The molecule has 5 rings (SSSR count). The smallest absolute Gasteiger partial charge is 0.0929 e. The fraction of sp³-hybridized carbons (Fsp3) is 0.120. The van der Waals surface area contributed by atoms with E-state index in [1.54, 1.807) is 0 Å². The van der Waals surface area contributed by atoms with Crippen LogP contribution in [-0.4, -0.2) is 16.7 Å². The molecular weight excluding hydrogens is 342 g/mol. The van der Waals surface area contributed by atoms with Gasteiger partial charge >= 0.3 is 0 Å². The van der Waals surface area contributed by atoms with E-state index < -0.39 is 0 Å². The van der Waals surface area contributed by atoms with Gasteiger partial charge in [0.05, 0.1) is 11.4 Å². The van der Waals surface area contributed by atoms with Gasteiger partial charge in [-0.25, -0.2) is 0 Å². The molecule has 0 aliphatic carbocycles. The third-order valence-electron chi connectivity index (χ3n) is 5.32. The van der Waals surface area contributed by atoms with Gasteiger partial charge in [-0.2, -0.15) is 10.2 Å². The Balaban J connectivity index is 1.59. The second kappa shape index (κ2) is 7.02. The van der Waals surface area contributed by atoms with E-state index in [1.165, 1.54) is 33.0 Å². The number of benzene rings is 3. The summed E-state index contributed by atoms with van der Waals surface area (Å²) in [5, 5.41) is 14.6. The molecule has 1 aromatic heterocycles. The third kappa shape index (κ3) is 3.10. The van der Waals surface area contributed by atoms with Crippen LogP contribution in [0.4, 0.5) is 0 Å². The van der Waals surface area contributed by atoms with Gasteiger partial charge in [0.1, 0.15) is 0 Å². The van der Waals surface area contributed by atoms with Crippen LogP contribution in [0.2, 0.25) is 0 Å². The van der Waals surface area contributed by atoms with Crippen molar-refractivity contribution in [1.29, 1.82) is 0 Å². The van der Waals surface area contributed by atoms with Crippen LogP contribution >= 0.6 is 0 Å². The highest BCUT2D eigenvalue weighted by atomic mass is 15.1. The molecule has 2 heterocycles. The number of nitrogens with zero attached hydrogens (tertiary/aromatic N) is 2. The molecule has 0 amide bonds. The first-order valence-electron chi connectivity index (χ1n) is 9.62. The van der Waals surface area contributed by atoms with Crippen molar-refractivity contribution >= 4 is 16.3 Å². The van der Waals surface area contributed by atoms with Crippen molar-refractivity contribution in [3.05, 3.63) is 101 Å².